The molecule has 0 saturated heterocycles. The number of fused-ring (bicyclic) bond motifs is 1. The summed E-state index contributed by atoms with van der Waals surface area (Å²) in [6.07, 6.45) is 4.14. The van der Waals surface area contributed by atoms with E-state index in [1.165, 1.54) is 17.5 Å². The fourth-order valence-corrected chi connectivity index (χ4v) is 5.26. The first kappa shape index (κ1) is 22.2. The number of benzene rings is 1. The van der Waals surface area contributed by atoms with E-state index in [-0.39, 0.29) is 24.0 Å². The SMILES string of the molecule is Cc1nn(-c2ccccc2)c2sc(C(=O)Nc3ccc(C(=O)NC4CCC(O)CC4)nc3)cc12. The molecule has 0 bridgehead atoms. The van der Waals surface area contributed by atoms with E-state index in [2.05, 4.69) is 20.7 Å². The van der Waals surface area contributed by atoms with E-state index in [1.807, 2.05) is 48.0 Å². The summed E-state index contributed by atoms with van der Waals surface area (Å²) in [5.41, 5.74) is 2.61. The summed E-state index contributed by atoms with van der Waals surface area (Å²) >= 11 is 1.38. The zero-order valence-electron chi connectivity index (χ0n) is 18.7. The molecule has 1 fully saturated rings. The predicted octanol–water partition coefficient (Wildman–Crippen LogP) is 4.08. The zero-order chi connectivity index (χ0) is 23.7. The number of hydrogen-bond donors (Lipinski definition) is 3. The van der Waals surface area contributed by atoms with Crippen LogP contribution in [-0.4, -0.2) is 43.8 Å². The standard InChI is InChI=1S/C25H25N5O3S/c1-15-20-13-22(34-25(20)30(29-15)18-5-3-2-4-6-18)24(33)28-17-9-12-21(26-14-17)23(32)27-16-7-10-19(31)11-8-16/h2-6,9,12-14,16,19,31H,7-8,10-11H2,1H3,(H,27,32)(H,28,33). The average molecular weight is 476 g/mol. The van der Waals surface area contributed by atoms with Gasteiger partial charge in [0.25, 0.3) is 11.8 Å². The summed E-state index contributed by atoms with van der Waals surface area (Å²) in [6, 6.07) is 15.0. The van der Waals surface area contributed by atoms with Gasteiger partial charge in [0.1, 0.15) is 10.5 Å². The summed E-state index contributed by atoms with van der Waals surface area (Å²) in [7, 11) is 0. The van der Waals surface area contributed by atoms with Gasteiger partial charge in [0, 0.05) is 11.4 Å². The van der Waals surface area contributed by atoms with Crippen molar-refractivity contribution in [1.29, 1.82) is 0 Å². The van der Waals surface area contributed by atoms with Crippen LogP contribution in [0.4, 0.5) is 5.69 Å². The molecule has 5 rings (SSSR count). The smallest absolute Gasteiger partial charge is 0.270 e. The molecule has 0 unspecified atom stereocenters. The molecule has 0 spiro atoms. The minimum Gasteiger partial charge on any atom is -0.393 e. The minimum absolute atomic E-state index is 0.0558. The second-order valence-electron chi connectivity index (χ2n) is 8.53. The van der Waals surface area contributed by atoms with E-state index in [9.17, 15) is 14.7 Å². The summed E-state index contributed by atoms with van der Waals surface area (Å²) in [6.45, 7) is 1.93. The van der Waals surface area contributed by atoms with Gasteiger partial charge in [-0.25, -0.2) is 9.67 Å². The van der Waals surface area contributed by atoms with Crippen LogP contribution in [0.3, 0.4) is 0 Å². The largest absolute Gasteiger partial charge is 0.393 e. The van der Waals surface area contributed by atoms with Crippen LogP contribution in [0.5, 0.6) is 0 Å². The highest BCUT2D eigenvalue weighted by atomic mass is 32.1. The lowest BCUT2D eigenvalue weighted by Gasteiger charge is -2.26. The Hall–Kier alpha value is -3.56. The number of pyridine rings is 1. The van der Waals surface area contributed by atoms with Gasteiger partial charge in [-0.05, 0) is 62.9 Å². The fourth-order valence-electron chi connectivity index (χ4n) is 4.18. The third-order valence-electron chi connectivity index (χ3n) is 6.06. The van der Waals surface area contributed by atoms with Crippen LogP contribution in [0.15, 0.2) is 54.7 Å². The van der Waals surface area contributed by atoms with Crippen molar-refractivity contribution in [3.8, 4) is 5.69 Å². The van der Waals surface area contributed by atoms with Crippen LogP contribution in [0.2, 0.25) is 0 Å². The zero-order valence-corrected chi connectivity index (χ0v) is 19.5. The predicted molar refractivity (Wildman–Crippen MR) is 132 cm³/mol. The summed E-state index contributed by atoms with van der Waals surface area (Å²) in [5.74, 6) is -0.482. The van der Waals surface area contributed by atoms with E-state index in [4.69, 9.17) is 0 Å². The van der Waals surface area contributed by atoms with Gasteiger partial charge in [0.15, 0.2) is 0 Å². The molecule has 4 aromatic rings. The number of para-hydroxylation sites is 1. The van der Waals surface area contributed by atoms with Gasteiger partial charge < -0.3 is 15.7 Å². The molecule has 0 atom stereocenters. The number of aliphatic hydroxyl groups is 1. The van der Waals surface area contributed by atoms with Crippen LogP contribution in [0, 0.1) is 6.92 Å². The maximum atomic E-state index is 12.9. The highest BCUT2D eigenvalue weighted by Gasteiger charge is 2.22. The van der Waals surface area contributed by atoms with Gasteiger partial charge in [-0.3, -0.25) is 9.59 Å². The molecule has 9 heteroatoms. The lowest BCUT2D eigenvalue weighted by atomic mass is 9.93. The molecule has 8 nitrogen and oxygen atoms in total. The second kappa shape index (κ2) is 9.36. The van der Waals surface area contributed by atoms with Crippen LogP contribution in [0.1, 0.15) is 51.5 Å². The molecule has 3 N–H and O–H groups in total. The van der Waals surface area contributed by atoms with Crippen molar-refractivity contribution in [1.82, 2.24) is 20.1 Å². The summed E-state index contributed by atoms with van der Waals surface area (Å²) in [5, 5.41) is 21.0. The molecule has 3 heterocycles. The molecule has 3 aromatic heterocycles. The Morgan fingerprint density at radius 2 is 1.82 bits per heavy atom. The molecular formula is C25H25N5O3S. The quantitative estimate of drug-likeness (QED) is 0.403. The van der Waals surface area contributed by atoms with Gasteiger partial charge in [0.05, 0.1) is 34.2 Å². The molecule has 1 aliphatic rings. The molecular weight excluding hydrogens is 450 g/mol. The van der Waals surface area contributed by atoms with E-state index >= 15 is 0 Å². The molecule has 174 valence electrons. The van der Waals surface area contributed by atoms with Crippen molar-refractivity contribution in [2.75, 3.05) is 5.32 Å². The lowest BCUT2D eigenvalue weighted by Crippen LogP contribution is -2.38. The van der Waals surface area contributed by atoms with E-state index in [0.29, 0.717) is 29.1 Å². The molecule has 34 heavy (non-hydrogen) atoms. The summed E-state index contributed by atoms with van der Waals surface area (Å²) in [4.78, 5) is 31.1. The maximum Gasteiger partial charge on any atom is 0.270 e. The lowest BCUT2D eigenvalue weighted by molar-refractivity contribution is 0.0863. The first-order chi connectivity index (χ1) is 16.5. The Labute approximate surface area is 200 Å². The van der Waals surface area contributed by atoms with Crippen molar-refractivity contribution >= 4 is 39.1 Å². The number of nitrogens with zero attached hydrogens (tertiary/aromatic N) is 3. The molecule has 2 amide bonds. The number of aromatic nitrogens is 3. The third kappa shape index (κ3) is 4.57. The number of aryl methyl sites for hydroxylation is 1. The number of thiophene rings is 1. The number of aliphatic hydroxyl groups excluding tert-OH is 1. The van der Waals surface area contributed by atoms with Crippen LogP contribution >= 0.6 is 11.3 Å². The van der Waals surface area contributed by atoms with E-state index < -0.39 is 0 Å². The molecule has 1 aromatic carbocycles. The van der Waals surface area contributed by atoms with Gasteiger partial charge in [-0.15, -0.1) is 11.3 Å². The number of rotatable bonds is 5. The topological polar surface area (TPSA) is 109 Å². The molecule has 1 saturated carbocycles. The third-order valence-corrected chi connectivity index (χ3v) is 7.16. The molecule has 0 radical (unpaired) electrons. The Bertz CT molecular complexity index is 1320. The van der Waals surface area contributed by atoms with Crippen molar-refractivity contribution in [3.05, 3.63) is 71.0 Å². The fraction of sp³-hybridized carbons (Fsp3) is 0.280. The normalized spacial score (nSPS) is 18.1. The highest BCUT2D eigenvalue weighted by Crippen LogP contribution is 2.31. The van der Waals surface area contributed by atoms with Crippen molar-refractivity contribution in [2.24, 2.45) is 0 Å². The van der Waals surface area contributed by atoms with Gasteiger partial charge in [-0.2, -0.15) is 5.10 Å². The Morgan fingerprint density at radius 1 is 1.06 bits per heavy atom. The number of carbonyl (C=O) groups is 2. The number of anilines is 1. The minimum atomic E-state index is -0.267. The van der Waals surface area contributed by atoms with Crippen LogP contribution < -0.4 is 10.6 Å². The van der Waals surface area contributed by atoms with Crippen LogP contribution in [0.25, 0.3) is 15.9 Å². The number of carbonyl (C=O) groups excluding carboxylic acids is 2. The maximum absolute atomic E-state index is 12.9. The van der Waals surface area contributed by atoms with Crippen molar-refractivity contribution in [3.63, 3.8) is 0 Å². The Morgan fingerprint density at radius 3 is 2.53 bits per heavy atom. The Kier molecular flexibility index (Phi) is 6.12. The molecule has 1 aliphatic carbocycles. The van der Waals surface area contributed by atoms with E-state index in [0.717, 1.165) is 34.4 Å². The van der Waals surface area contributed by atoms with Gasteiger partial charge >= 0.3 is 0 Å². The van der Waals surface area contributed by atoms with Gasteiger partial charge in [-0.1, -0.05) is 18.2 Å². The number of hydrogen-bond acceptors (Lipinski definition) is 6. The monoisotopic (exact) mass is 475 g/mol. The molecule has 0 aliphatic heterocycles. The summed E-state index contributed by atoms with van der Waals surface area (Å²) < 4.78 is 1.86. The second-order valence-corrected chi connectivity index (χ2v) is 9.56. The average Bonchev–Trinajstić information content (AvgIpc) is 3.42. The van der Waals surface area contributed by atoms with E-state index in [1.54, 1.807) is 12.1 Å². The van der Waals surface area contributed by atoms with Gasteiger partial charge in [0.2, 0.25) is 0 Å². The number of amides is 2. The first-order valence-electron chi connectivity index (χ1n) is 11.3. The Balaban J connectivity index is 1.27. The van der Waals surface area contributed by atoms with Crippen LogP contribution in [-0.2, 0) is 0 Å². The van der Waals surface area contributed by atoms with Crippen molar-refractivity contribution < 1.29 is 14.7 Å². The first-order valence-corrected chi connectivity index (χ1v) is 12.1. The van der Waals surface area contributed by atoms with Crippen molar-refractivity contribution in [2.45, 2.75) is 44.8 Å². The number of nitrogens with one attached hydrogen (secondary N) is 2. The highest BCUT2D eigenvalue weighted by molar-refractivity contribution is 7.20.